The fourth-order valence-electron chi connectivity index (χ4n) is 2.50. The maximum Gasteiger partial charge on any atom is 0.0107 e. The Hall–Kier alpha value is -0.120. The first-order valence-electron chi connectivity index (χ1n) is 7.30. The predicted octanol–water partition coefficient (Wildman–Crippen LogP) is 1.65. The molecular weight excluding hydrogens is 210 g/mol. The number of piperidine rings is 1. The van der Waals surface area contributed by atoms with Crippen molar-refractivity contribution in [3.8, 4) is 0 Å². The standard InChI is InChI=1S/C14H31N3/c1-4-14-6-11-17(12-7-14)13-9-15-8-5-10-16(2)3/h14-15H,4-13H2,1-3H3. The van der Waals surface area contributed by atoms with Crippen molar-refractivity contribution < 1.29 is 0 Å². The minimum absolute atomic E-state index is 0.999. The number of hydrogen-bond acceptors (Lipinski definition) is 3. The fraction of sp³-hybridized carbons (Fsp3) is 1.00. The molecule has 1 heterocycles. The fourth-order valence-corrected chi connectivity index (χ4v) is 2.50. The molecule has 0 aromatic rings. The van der Waals surface area contributed by atoms with E-state index in [1.54, 1.807) is 0 Å². The molecule has 102 valence electrons. The highest BCUT2D eigenvalue weighted by Crippen LogP contribution is 2.19. The number of likely N-dealkylation sites (tertiary alicyclic amines) is 1. The van der Waals surface area contributed by atoms with Gasteiger partial charge < -0.3 is 15.1 Å². The molecular formula is C14H31N3. The van der Waals surface area contributed by atoms with Crippen LogP contribution in [0.25, 0.3) is 0 Å². The van der Waals surface area contributed by atoms with Gasteiger partial charge in [0.05, 0.1) is 0 Å². The molecule has 1 aliphatic rings. The lowest BCUT2D eigenvalue weighted by Crippen LogP contribution is -2.38. The zero-order valence-electron chi connectivity index (χ0n) is 12.0. The van der Waals surface area contributed by atoms with E-state index >= 15 is 0 Å². The summed E-state index contributed by atoms with van der Waals surface area (Å²) in [7, 11) is 4.27. The summed E-state index contributed by atoms with van der Waals surface area (Å²) in [6.07, 6.45) is 5.45. The summed E-state index contributed by atoms with van der Waals surface area (Å²) in [5.41, 5.74) is 0. The summed E-state index contributed by atoms with van der Waals surface area (Å²) in [4.78, 5) is 4.86. The second kappa shape index (κ2) is 8.90. The Morgan fingerprint density at radius 3 is 2.47 bits per heavy atom. The maximum absolute atomic E-state index is 3.54. The molecule has 0 radical (unpaired) electrons. The van der Waals surface area contributed by atoms with Gasteiger partial charge in [-0.15, -0.1) is 0 Å². The van der Waals surface area contributed by atoms with Crippen LogP contribution in [-0.2, 0) is 0 Å². The summed E-state index contributed by atoms with van der Waals surface area (Å²) < 4.78 is 0. The van der Waals surface area contributed by atoms with Crippen LogP contribution in [0.4, 0.5) is 0 Å². The van der Waals surface area contributed by atoms with Crippen molar-refractivity contribution in [1.82, 2.24) is 15.1 Å². The third kappa shape index (κ3) is 7.02. The highest BCUT2D eigenvalue weighted by molar-refractivity contribution is 4.71. The number of rotatable bonds is 8. The topological polar surface area (TPSA) is 18.5 Å². The molecule has 0 aromatic carbocycles. The van der Waals surface area contributed by atoms with Crippen LogP contribution in [0.2, 0.25) is 0 Å². The van der Waals surface area contributed by atoms with Crippen LogP contribution in [0.15, 0.2) is 0 Å². The van der Waals surface area contributed by atoms with Crippen LogP contribution in [0.5, 0.6) is 0 Å². The summed E-state index contributed by atoms with van der Waals surface area (Å²) in [6.45, 7) is 9.70. The van der Waals surface area contributed by atoms with Crippen LogP contribution in [0.1, 0.15) is 32.6 Å². The molecule has 0 aliphatic carbocycles. The van der Waals surface area contributed by atoms with Gasteiger partial charge in [-0.2, -0.15) is 0 Å². The van der Waals surface area contributed by atoms with E-state index in [9.17, 15) is 0 Å². The molecule has 0 amide bonds. The molecule has 0 aromatic heterocycles. The van der Waals surface area contributed by atoms with Crippen molar-refractivity contribution in [2.45, 2.75) is 32.6 Å². The van der Waals surface area contributed by atoms with E-state index in [0.717, 1.165) is 19.0 Å². The minimum Gasteiger partial charge on any atom is -0.315 e. The van der Waals surface area contributed by atoms with Gasteiger partial charge in [0.15, 0.2) is 0 Å². The Bertz CT molecular complexity index is 174. The van der Waals surface area contributed by atoms with Gasteiger partial charge >= 0.3 is 0 Å². The van der Waals surface area contributed by atoms with Gasteiger partial charge in [0, 0.05) is 13.1 Å². The summed E-state index contributed by atoms with van der Waals surface area (Å²) in [5, 5.41) is 3.54. The van der Waals surface area contributed by atoms with Crippen molar-refractivity contribution in [1.29, 1.82) is 0 Å². The van der Waals surface area contributed by atoms with E-state index in [4.69, 9.17) is 0 Å². The third-order valence-electron chi connectivity index (χ3n) is 3.85. The quantitative estimate of drug-likeness (QED) is 0.652. The Morgan fingerprint density at radius 2 is 1.88 bits per heavy atom. The second-order valence-corrected chi connectivity index (χ2v) is 5.60. The number of nitrogens with zero attached hydrogens (tertiary/aromatic N) is 2. The first-order valence-corrected chi connectivity index (χ1v) is 7.30. The number of nitrogens with one attached hydrogen (secondary N) is 1. The molecule has 1 saturated heterocycles. The number of hydrogen-bond donors (Lipinski definition) is 1. The molecule has 0 bridgehead atoms. The van der Waals surface area contributed by atoms with Crippen LogP contribution in [-0.4, -0.2) is 63.2 Å². The molecule has 3 nitrogen and oxygen atoms in total. The van der Waals surface area contributed by atoms with Gasteiger partial charge in [0.2, 0.25) is 0 Å². The van der Waals surface area contributed by atoms with Crippen LogP contribution in [0, 0.1) is 5.92 Å². The van der Waals surface area contributed by atoms with Crippen molar-refractivity contribution in [2.75, 3.05) is 53.4 Å². The van der Waals surface area contributed by atoms with E-state index in [-0.39, 0.29) is 0 Å². The monoisotopic (exact) mass is 241 g/mol. The first-order chi connectivity index (χ1) is 8.22. The molecule has 1 aliphatic heterocycles. The van der Waals surface area contributed by atoms with Crippen molar-refractivity contribution >= 4 is 0 Å². The SMILES string of the molecule is CCC1CCN(CCNCCCN(C)C)CC1. The van der Waals surface area contributed by atoms with Crippen molar-refractivity contribution in [3.63, 3.8) is 0 Å². The smallest absolute Gasteiger partial charge is 0.0107 e. The molecule has 0 spiro atoms. The van der Waals surface area contributed by atoms with Gasteiger partial charge in [-0.25, -0.2) is 0 Å². The Labute approximate surface area is 108 Å². The van der Waals surface area contributed by atoms with Crippen LogP contribution < -0.4 is 5.32 Å². The lowest BCUT2D eigenvalue weighted by atomic mass is 9.94. The molecule has 0 saturated carbocycles. The Balaban J connectivity index is 1.90. The van der Waals surface area contributed by atoms with Crippen molar-refractivity contribution in [2.24, 2.45) is 5.92 Å². The third-order valence-corrected chi connectivity index (χ3v) is 3.85. The zero-order valence-corrected chi connectivity index (χ0v) is 12.0. The zero-order chi connectivity index (χ0) is 12.5. The lowest BCUT2D eigenvalue weighted by Gasteiger charge is -2.31. The van der Waals surface area contributed by atoms with E-state index in [0.29, 0.717) is 0 Å². The Morgan fingerprint density at radius 1 is 1.18 bits per heavy atom. The van der Waals surface area contributed by atoms with Gasteiger partial charge in [-0.05, 0) is 65.5 Å². The van der Waals surface area contributed by atoms with E-state index in [2.05, 4.69) is 36.1 Å². The first kappa shape index (κ1) is 14.9. The minimum atomic E-state index is 0.999. The summed E-state index contributed by atoms with van der Waals surface area (Å²) in [5.74, 6) is 0.999. The second-order valence-electron chi connectivity index (χ2n) is 5.60. The summed E-state index contributed by atoms with van der Waals surface area (Å²) >= 11 is 0. The molecule has 3 heteroatoms. The van der Waals surface area contributed by atoms with Gasteiger partial charge in [0.25, 0.3) is 0 Å². The van der Waals surface area contributed by atoms with E-state index in [1.165, 1.54) is 51.9 Å². The van der Waals surface area contributed by atoms with Crippen LogP contribution in [0.3, 0.4) is 0 Å². The highest BCUT2D eigenvalue weighted by Gasteiger charge is 2.16. The van der Waals surface area contributed by atoms with Crippen LogP contribution >= 0.6 is 0 Å². The molecule has 17 heavy (non-hydrogen) atoms. The predicted molar refractivity (Wildman–Crippen MR) is 75.5 cm³/mol. The lowest BCUT2D eigenvalue weighted by molar-refractivity contribution is 0.182. The van der Waals surface area contributed by atoms with Gasteiger partial charge in [-0.3, -0.25) is 0 Å². The molecule has 0 unspecified atom stereocenters. The molecule has 0 atom stereocenters. The largest absolute Gasteiger partial charge is 0.315 e. The summed E-state index contributed by atoms with van der Waals surface area (Å²) in [6, 6.07) is 0. The highest BCUT2D eigenvalue weighted by atomic mass is 15.1. The van der Waals surface area contributed by atoms with E-state index < -0.39 is 0 Å². The molecule has 1 fully saturated rings. The normalized spacial score (nSPS) is 19.1. The van der Waals surface area contributed by atoms with E-state index in [1.807, 2.05) is 0 Å². The van der Waals surface area contributed by atoms with Gasteiger partial charge in [-0.1, -0.05) is 13.3 Å². The average molecular weight is 241 g/mol. The van der Waals surface area contributed by atoms with Crippen molar-refractivity contribution in [3.05, 3.63) is 0 Å². The molecule has 1 N–H and O–H groups in total. The van der Waals surface area contributed by atoms with Gasteiger partial charge in [0.1, 0.15) is 0 Å². The Kier molecular flexibility index (Phi) is 7.82. The average Bonchev–Trinajstić information content (AvgIpc) is 2.34. The maximum atomic E-state index is 3.54. The molecule has 1 rings (SSSR count).